The third-order valence-electron chi connectivity index (χ3n) is 3.67. The summed E-state index contributed by atoms with van der Waals surface area (Å²) in [6.45, 7) is 1.73. The van der Waals surface area contributed by atoms with Crippen molar-refractivity contribution >= 4 is 17.7 Å². The first-order chi connectivity index (χ1) is 9.56. The Morgan fingerprint density at radius 1 is 1.20 bits per heavy atom. The van der Waals surface area contributed by atoms with Crippen LogP contribution in [0.4, 0.5) is 10.5 Å². The highest BCUT2D eigenvalue weighted by molar-refractivity contribution is 5.94. The molecule has 0 saturated heterocycles. The number of aromatic carboxylic acids is 1. The van der Waals surface area contributed by atoms with Gasteiger partial charge in [-0.05, 0) is 37.5 Å². The molecule has 1 aliphatic carbocycles. The minimum atomic E-state index is -0.987. The van der Waals surface area contributed by atoms with Gasteiger partial charge in [0.05, 0.1) is 5.56 Å². The van der Waals surface area contributed by atoms with E-state index in [2.05, 4.69) is 10.6 Å². The molecule has 0 aromatic heterocycles. The standard InChI is InChI=1S/C15H20N2O3/c1-10-7-8-12(9-13(10)14(18)19)17-15(20)16-11-5-3-2-4-6-11/h7-9,11H,2-6H2,1H3,(H,18,19)(H2,16,17,20). The number of benzene rings is 1. The van der Waals surface area contributed by atoms with Crippen LogP contribution in [0.1, 0.15) is 48.0 Å². The molecule has 0 radical (unpaired) electrons. The lowest BCUT2D eigenvalue weighted by Gasteiger charge is -2.22. The number of anilines is 1. The molecule has 0 unspecified atom stereocenters. The van der Waals surface area contributed by atoms with Crippen LogP contribution in [0.2, 0.25) is 0 Å². The van der Waals surface area contributed by atoms with Crippen LogP contribution in [0, 0.1) is 6.92 Å². The van der Waals surface area contributed by atoms with Crippen LogP contribution in [0.3, 0.4) is 0 Å². The lowest BCUT2D eigenvalue weighted by molar-refractivity contribution is 0.0696. The second-order valence-corrected chi connectivity index (χ2v) is 5.27. The minimum Gasteiger partial charge on any atom is -0.478 e. The number of carboxylic acids is 1. The number of carbonyl (C=O) groups excluding carboxylic acids is 1. The normalized spacial score (nSPS) is 15.7. The number of aryl methyl sites for hydroxylation is 1. The molecule has 0 bridgehead atoms. The van der Waals surface area contributed by atoms with E-state index in [1.165, 1.54) is 12.5 Å². The van der Waals surface area contributed by atoms with Crippen molar-refractivity contribution in [3.05, 3.63) is 29.3 Å². The molecule has 0 heterocycles. The van der Waals surface area contributed by atoms with E-state index in [4.69, 9.17) is 5.11 Å². The van der Waals surface area contributed by atoms with Crippen molar-refractivity contribution in [1.82, 2.24) is 5.32 Å². The quantitative estimate of drug-likeness (QED) is 0.793. The second kappa shape index (κ2) is 6.41. The minimum absolute atomic E-state index is 0.209. The largest absolute Gasteiger partial charge is 0.478 e. The molecule has 0 aliphatic heterocycles. The van der Waals surface area contributed by atoms with Crippen molar-refractivity contribution < 1.29 is 14.7 Å². The summed E-state index contributed by atoms with van der Waals surface area (Å²) in [6.07, 6.45) is 5.57. The number of hydrogen-bond donors (Lipinski definition) is 3. The molecule has 5 nitrogen and oxygen atoms in total. The monoisotopic (exact) mass is 276 g/mol. The average Bonchev–Trinajstić information content (AvgIpc) is 2.41. The van der Waals surface area contributed by atoms with Crippen LogP contribution in [-0.2, 0) is 0 Å². The van der Waals surface area contributed by atoms with Gasteiger partial charge in [0.2, 0.25) is 0 Å². The van der Waals surface area contributed by atoms with E-state index >= 15 is 0 Å². The average molecular weight is 276 g/mol. The molecule has 5 heteroatoms. The van der Waals surface area contributed by atoms with Gasteiger partial charge in [0.25, 0.3) is 0 Å². The van der Waals surface area contributed by atoms with Gasteiger partial charge in [-0.15, -0.1) is 0 Å². The lowest BCUT2D eigenvalue weighted by Crippen LogP contribution is -2.39. The fourth-order valence-electron chi connectivity index (χ4n) is 2.53. The Balaban J connectivity index is 1.96. The zero-order chi connectivity index (χ0) is 14.5. The summed E-state index contributed by atoms with van der Waals surface area (Å²) in [5.74, 6) is -0.987. The SMILES string of the molecule is Cc1ccc(NC(=O)NC2CCCCC2)cc1C(=O)O. The van der Waals surface area contributed by atoms with Gasteiger partial charge in [-0.3, -0.25) is 0 Å². The van der Waals surface area contributed by atoms with Crippen molar-refractivity contribution in [3.63, 3.8) is 0 Å². The summed E-state index contributed by atoms with van der Waals surface area (Å²) in [5, 5.41) is 14.7. The number of nitrogens with one attached hydrogen (secondary N) is 2. The van der Waals surface area contributed by atoms with E-state index in [1.54, 1.807) is 19.1 Å². The van der Waals surface area contributed by atoms with E-state index in [9.17, 15) is 9.59 Å². The van der Waals surface area contributed by atoms with E-state index in [1.807, 2.05) is 0 Å². The zero-order valence-corrected chi connectivity index (χ0v) is 11.6. The molecule has 1 aromatic rings. The predicted octanol–water partition coefficient (Wildman–Crippen LogP) is 3.15. The van der Waals surface area contributed by atoms with Gasteiger partial charge in [-0.2, -0.15) is 0 Å². The Bertz CT molecular complexity index is 508. The van der Waals surface area contributed by atoms with Gasteiger partial charge in [0, 0.05) is 11.7 Å². The maximum atomic E-state index is 11.9. The highest BCUT2D eigenvalue weighted by Crippen LogP contribution is 2.18. The number of carbonyl (C=O) groups is 2. The Morgan fingerprint density at radius 2 is 1.90 bits per heavy atom. The Morgan fingerprint density at radius 3 is 2.55 bits per heavy atom. The first kappa shape index (κ1) is 14.4. The van der Waals surface area contributed by atoms with Crippen LogP contribution >= 0.6 is 0 Å². The van der Waals surface area contributed by atoms with Gasteiger partial charge in [0.15, 0.2) is 0 Å². The Hall–Kier alpha value is -2.04. The van der Waals surface area contributed by atoms with Crippen LogP contribution in [0.15, 0.2) is 18.2 Å². The lowest BCUT2D eigenvalue weighted by atomic mass is 9.96. The van der Waals surface area contributed by atoms with Crippen molar-refractivity contribution in [1.29, 1.82) is 0 Å². The number of carboxylic acid groups (broad SMARTS) is 1. The maximum Gasteiger partial charge on any atom is 0.336 e. The van der Waals surface area contributed by atoms with Crippen LogP contribution in [0.5, 0.6) is 0 Å². The number of amides is 2. The van der Waals surface area contributed by atoms with Crippen molar-refractivity contribution in [2.45, 2.75) is 45.1 Å². The predicted molar refractivity (Wildman–Crippen MR) is 77.2 cm³/mol. The molecule has 1 aromatic carbocycles. The van der Waals surface area contributed by atoms with Crippen LogP contribution in [-0.4, -0.2) is 23.1 Å². The fourth-order valence-corrected chi connectivity index (χ4v) is 2.53. The summed E-state index contributed by atoms with van der Waals surface area (Å²) in [5.41, 5.74) is 1.39. The summed E-state index contributed by atoms with van der Waals surface area (Å²) >= 11 is 0. The number of rotatable bonds is 3. The van der Waals surface area contributed by atoms with Gasteiger partial charge >= 0.3 is 12.0 Å². The molecule has 3 N–H and O–H groups in total. The number of hydrogen-bond acceptors (Lipinski definition) is 2. The smallest absolute Gasteiger partial charge is 0.336 e. The molecule has 20 heavy (non-hydrogen) atoms. The summed E-state index contributed by atoms with van der Waals surface area (Å²) < 4.78 is 0. The van der Waals surface area contributed by atoms with Gasteiger partial charge < -0.3 is 15.7 Å². The Labute approximate surface area is 118 Å². The molecule has 0 atom stereocenters. The molecule has 1 fully saturated rings. The third-order valence-corrected chi connectivity index (χ3v) is 3.67. The maximum absolute atomic E-state index is 11.9. The molecule has 1 saturated carbocycles. The molecular weight excluding hydrogens is 256 g/mol. The van der Waals surface area contributed by atoms with Crippen molar-refractivity contribution in [2.24, 2.45) is 0 Å². The van der Waals surface area contributed by atoms with Gasteiger partial charge in [-0.1, -0.05) is 25.3 Å². The summed E-state index contributed by atoms with van der Waals surface area (Å²) in [6, 6.07) is 4.85. The highest BCUT2D eigenvalue weighted by atomic mass is 16.4. The zero-order valence-electron chi connectivity index (χ0n) is 11.6. The molecule has 1 aliphatic rings. The van der Waals surface area contributed by atoms with E-state index in [-0.39, 0.29) is 17.6 Å². The van der Waals surface area contributed by atoms with Crippen molar-refractivity contribution in [3.8, 4) is 0 Å². The van der Waals surface area contributed by atoms with E-state index in [0.29, 0.717) is 11.3 Å². The second-order valence-electron chi connectivity index (χ2n) is 5.27. The van der Waals surface area contributed by atoms with E-state index in [0.717, 1.165) is 25.7 Å². The summed E-state index contributed by atoms with van der Waals surface area (Å²) in [4.78, 5) is 22.9. The van der Waals surface area contributed by atoms with Gasteiger partial charge in [0.1, 0.15) is 0 Å². The molecule has 2 rings (SSSR count). The topological polar surface area (TPSA) is 78.4 Å². The molecule has 108 valence electrons. The van der Waals surface area contributed by atoms with Crippen molar-refractivity contribution in [2.75, 3.05) is 5.32 Å². The first-order valence-electron chi connectivity index (χ1n) is 6.98. The molecular formula is C15H20N2O3. The number of urea groups is 1. The Kier molecular flexibility index (Phi) is 4.61. The fraction of sp³-hybridized carbons (Fsp3) is 0.467. The summed E-state index contributed by atoms with van der Waals surface area (Å²) in [7, 11) is 0. The highest BCUT2D eigenvalue weighted by Gasteiger charge is 2.16. The molecule has 0 spiro atoms. The first-order valence-corrected chi connectivity index (χ1v) is 6.98. The van der Waals surface area contributed by atoms with Crippen LogP contribution in [0.25, 0.3) is 0 Å². The third kappa shape index (κ3) is 3.73. The molecule has 2 amide bonds. The van der Waals surface area contributed by atoms with E-state index < -0.39 is 5.97 Å². The van der Waals surface area contributed by atoms with Crippen LogP contribution < -0.4 is 10.6 Å². The van der Waals surface area contributed by atoms with Gasteiger partial charge in [-0.25, -0.2) is 9.59 Å².